The van der Waals surface area contributed by atoms with Crippen LogP contribution in [0.3, 0.4) is 0 Å². The molecule has 1 aliphatic carbocycles. The summed E-state index contributed by atoms with van der Waals surface area (Å²) in [6.45, 7) is 2.42. The molecule has 0 spiro atoms. The van der Waals surface area contributed by atoms with E-state index in [1.165, 1.54) is 6.07 Å². The number of hydrogen-bond donors (Lipinski definition) is 2. The number of hydrogen-bond acceptors (Lipinski definition) is 3. The first kappa shape index (κ1) is 14.4. The summed E-state index contributed by atoms with van der Waals surface area (Å²) in [7, 11) is 0. The van der Waals surface area contributed by atoms with Gasteiger partial charge in [-0.1, -0.05) is 25.0 Å². The molecule has 5 heteroatoms. The van der Waals surface area contributed by atoms with Gasteiger partial charge in [-0.25, -0.2) is 14.2 Å². The second-order valence-corrected chi connectivity index (χ2v) is 4.95. The van der Waals surface area contributed by atoms with Crippen molar-refractivity contribution in [2.45, 2.75) is 44.2 Å². The molecule has 1 saturated carbocycles. The molecule has 0 radical (unpaired) electrons. The van der Waals surface area contributed by atoms with Crippen molar-refractivity contribution in [2.24, 2.45) is 5.84 Å². The number of hydrazine groups is 1. The second kappa shape index (κ2) is 5.94. The average molecular weight is 270 g/mol. The third kappa shape index (κ3) is 2.63. The highest BCUT2D eigenvalue weighted by molar-refractivity contribution is 5.26. The minimum Gasteiger partial charge on any atom is -0.373 e. The largest absolute Gasteiger partial charge is 0.373 e. The van der Waals surface area contributed by atoms with Gasteiger partial charge in [-0.15, -0.1) is 0 Å². The highest BCUT2D eigenvalue weighted by atomic mass is 19.2. The zero-order valence-corrected chi connectivity index (χ0v) is 11.1. The van der Waals surface area contributed by atoms with Gasteiger partial charge in [-0.2, -0.15) is 0 Å². The molecule has 0 aromatic heterocycles. The van der Waals surface area contributed by atoms with Crippen molar-refractivity contribution < 1.29 is 13.5 Å². The van der Waals surface area contributed by atoms with E-state index in [2.05, 4.69) is 5.43 Å². The summed E-state index contributed by atoms with van der Waals surface area (Å²) in [6.07, 6.45) is 3.61. The van der Waals surface area contributed by atoms with Gasteiger partial charge in [0.1, 0.15) is 0 Å². The van der Waals surface area contributed by atoms with Crippen molar-refractivity contribution in [2.75, 3.05) is 6.61 Å². The zero-order chi connectivity index (χ0) is 13.9. The number of nitrogens with one attached hydrogen (secondary N) is 1. The Morgan fingerprint density at radius 3 is 2.63 bits per heavy atom. The van der Waals surface area contributed by atoms with Gasteiger partial charge in [0.25, 0.3) is 0 Å². The van der Waals surface area contributed by atoms with Gasteiger partial charge >= 0.3 is 0 Å². The lowest BCUT2D eigenvalue weighted by molar-refractivity contribution is -0.0635. The van der Waals surface area contributed by atoms with Gasteiger partial charge in [0, 0.05) is 12.2 Å². The Kier molecular flexibility index (Phi) is 4.50. The van der Waals surface area contributed by atoms with E-state index in [4.69, 9.17) is 10.6 Å². The Balaban J connectivity index is 2.40. The van der Waals surface area contributed by atoms with Gasteiger partial charge in [0.2, 0.25) is 0 Å². The second-order valence-electron chi connectivity index (χ2n) is 4.95. The summed E-state index contributed by atoms with van der Waals surface area (Å²) in [5.74, 6) is 3.89. The molecule has 2 rings (SSSR count). The third-order valence-corrected chi connectivity index (χ3v) is 3.87. The molecule has 19 heavy (non-hydrogen) atoms. The van der Waals surface area contributed by atoms with E-state index in [1.54, 1.807) is 6.07 Å². The molecule has 0 amide bonds. The smallest absolute Gasteiger partial charge is 0.163 e. The SMILES string of the molecule is CCOC1(C(NN)c2cccc(F)c2F)CCCC1. The Hall–Kier alpha value is -1.04. The van der Waals surface area contributed by atoms with E-state index >= 15 is 0 Å². The van der Waals surface area contributed by atoms with Crippen molar-refractivity contribution >= 4 is 0 Å². The van der Waals surface area contributed by atoms with Gasteiger partial charge in [0.15, 0.2) is 11.6 Å². The van der Waals surface area contributed by atoms with Gasteiger partial charge in [-0.3, -0.25) is 5.84 Å². The van der Waals surface area contributed by atoms with Gasteiger partial charge < -0.3 is 4.74 Å². The predicted octanol–water partition coefficient (Wildman–Crippen LogP) is 2.82. The molecular weight excluding hydrogens is 250 g/mol. The molecule has 1 aliphatic rings. The zero-order valence-electron chi connectivity index (χ0n) is 11.1. The molecule has 106 valence electrons. The van der Waals surface area contributed by atoms with Crippen LogP contribution < -0.4 is 11.3 Å². The number of rotatable bonds is 5. The van der Waals surface area contributed by atoms with Crippen LogP contribution in [0.5, 0.6) is 0 Å². The van der Waals surface area contributed by atoms with Crippen LogP contribution in [0, 0.1) is 11.6 Å². The molecular formula is C14H20F2N2O. The van der Waals surface area contributed by atoms with Crippen LogP contribution in [0.1, 0.15) is 44.2 Å². The topological polar surface area (TPSA) is 47.3 Å². The Morgan fingerprint density at radius 2 is 2.05 bits per heavy atom. The van der Waals surface area contributed by atoms with E-state index in [9.17, 15) is 8.78 Å². The quantitative estimate of drug-likeness (QED) is 0.639. The summed E-state index contributed by atoms with van der Waals surface area (Å²) in [5, 5.41) is 0. The van der Waals surface area contributed by atoms with Crippen LogP contribution in [-0.2, 0) is 4.74 Å². The minimum atomic E-state index is -0.859. The molecule has 0 aliphatic heterocycles. The predicted molar refractivity (Wildman–Crippen MR) is 69.2 cm³/mol. The highest BCUT2D eigenvalue weighted by Gasteiger charge is 2.43. The molecule has 1 unspecified atom stereocenters. The molecule has 0 saturated heterocycles. The number of nitrogens with two attached hydrogens (primary N) is 1. The Bertz CT molecular complexity index is 433. The minimum absolute atomic E-state index is 0.234. The first-order valence-electron chi connectivity index (χ1n) is 6.68. The van der Waals surface area contributed by atoms with Crippen molar-refractivity contribution in [3.05, 3.63) is 35.4 Å². The van der Waals surface area contributed by atoms with Crippen LogP contribution in [0.15, 0.2) is 18.2 Å². The van der Waals surface area contributed by atoms with Crippen molar-refractivity contribution in [3.8, 4) is 0 Å². The summed E-state index contributed by atoms with van der Waals surface area (Å²) < 4.78 is 33.2. The number of halogens is 2. The Labute approximate surface area is 112 Å². The van der Waals surface area contributed by atoms with Crippen molar-refractivity contribution in [3.63, 3.8) is 0 Å². The lowest BCUT2D eigenvalue weighted by Gasteiger charge is -2.37. The normalized spacial score (nSPS) is 19.6. The van der Waals surface area contributed by atoms with Gasteiger partial charge in [0.05, 0.1) is 11.6 Å². The van der Waals surface area contributed by atoms with Gasteiger partial charge in [-0.05, 0) is 25.8 Å². The maximum atomic E-state index is 14.0. The van der Waals surface area contributed by atoms with E-state index in [0.29, 0.717) is 6.61 Å². The molecule has 1 aromatic carbocycles. The summed E-state index contributed by atoms with van der Waals surface area (Å²) >= 11 is 0. The standard InChI is InChI=1S/C14H20F2N2O/c1-2-19-14(8-3-4-9-14)13(18-17)10-6-5-7-11(15)12(10)16/h5-7,13,18H,2-4,8-9,17H2,1H3. The first-order valence-corrected chi connectivity index (χ1v) is 6.68. The fraction of sp³-hybridized carbons (Fsp3) is 0.571. The van der Waals surface area contributed by atoms with Crippen molar-refractivity contribution in [1.82, 2.24) is 5.43 Å². The molecule has 1 aromatic rings. The molecule has 0 bridgehead atoms. The molecule has 1 fully saturated rings. The van der Waals surface area contributed by atoms with Crippen LogP contribution in [0.25, 0.3) is 0 Å². The lowest BCUT2D eigenvalue weighted by Crippen LogP contribution is -2.47. The molecule has 3 nitrogen and oxygen atoms in total. The summed E-state index contributed by atoms with van der Waals surface area (Å²) in [6, 6.07) is 3.62. The van der Waals surface area contributed by atoms with E-state index in [1.807, 2.05) is 6.92 Å². The number of ether oxygens (including phenoxy) is 1. The van der Waals surface area contributed by atoms with E-state index < -0.39 is 23.3 Å². The van der Waals surface area contributed by atoms with Crippen LogP contribution in [0.2, 0.25) is 0 Å². The van der Waals surface area contributed by atoms with Crippen LogP contribution in [0.4, 0.5) is 8.78 Å². The summed E-state index contributed by atoms with van der Waals surface area (Å²) in [4.78, 5) is 0. The maximum absolute atomic E-state index is 14.0. The maximum Gasteiger partial charge on any atom is 0.163 e. The molecule has 0 heterocycles. The van der Waals surface area contributed by atoms with E-state index in [0.717, 1.165) is 31.7 Å². The summed E-state index contributed by atoms with van der Waals surface area (Å²) in [5.41, 5.74) is 2.31. The number of benzene rings is 1. The van der Waals surface area contributed by atoms with E-state index in [-0.39, 0.29) is 5.56 Å². The monoisotopic (exact) mass is 270 g/mol. The lowest BCUT2D eigenvalue weighted by atomic mass is 9.86. The van der Waals surface area contributed by atoms with Crippen LogP contribution in [-0.4, -0.2) is 12.2 Å². The molecule has 3 N–H and O–H groups in total. The molecule has 1 atom stereocenters. The third-order valence-electron chi connectivity index (χ3n) is 3.87. The first-order chi connectivity index (χ1) is 9.14. The van der Waals surface area contributed by atoms with Crippen molar-refractivity contribution in [1.29, 1.82) is 0 Å². The van der Waals surface area contributed by atoms with Crippen LogP contribution >= 0.6 is 0 Å². The average Bonchev–Trinajstić information content (AvgIpc) is 2.85. The Morgan fingerprint density at radius 1 is 1.37 bits per heavy atom. The fourth-order valence-electron chi connectivity index (χ4n) is 3.05. The highest BCUT2D eigenvalue weighted by Crippen LogP contribution is 2.43. The fourth-order valence-corrected chi connectivity index (χ4v) is 3.05.